The van der Waals surface area contributed by atoms with Gasteiger partial charge in [0.2, 0.25) is 0 Å². The van der Waals surface area contributed by atoms with Crippen molar-refractivity contribution in [3.8, 4) is 0 Å². The number of Topliss-reactive ketones (excluding diaryl/α,β-unsaturated/α-hetero) is 1. The summed E-state index contributed by atoms with van der Waals surface area (Å²) < 4.78 is 0. The molecule has 3 aromatic carbocycles. The molecule has 0 aromatic heterocycles. The molecule has 2 nitrogen and oxygen atoms in total. The lowest BCUT2D eigenvalue weighted by Gasteiger charge is -2.33. The maximum absolute atomic E-state index is 11.9. The van der Waals surface area contributed by atoms with E-state index in [2.05, 4.69) is 80.3 Å². The van der Waals surface area contributed by atoms with Crippen LogP contribution in [-0.2, 0) is 5.41 Å². The van der Waals surface area contributed by atoms with Gasteiger partial charge in [0, 0.05) is 21.0 Å². The van der Waals surface area contributed by atoms with Crippen molar-refractivity contribution in [1.29, 1.82) is 0 Å². The first kappa shape index (κ1) is 17.9. The number of anilines is 3. The Labute approximate surface area is 165 Å². The zero-order chi connectivity index (χ0) is 19.2. The Hall–Kier alpha value is -2.52. The molecule has 0 radical (unpaired) electrons. The lowest BCUT2D eigenvalue weighted by molar-refractivity contribution is 0.101. The summed E-state index contributed by atoms with van der Waals surface area (Å²) in [5.74, 6) is 0.0877. The van der Waals surface area contributed by atoms with Gasteiger partial charge in [-0.25, -0.2) is 0 Å². The fourth-order valence-electron chi connectivity index (χ4n) is 3.36. The van der Waals surface area contributed by atoms with Gasteiger partial charge in [-0.3, -0.25) is 4.79 Å². The topological polar surface area (TPSA) is 20.3 Å². The van der Waals surface area contributed by atoms with Gasteiger partial charge in [-0.05, 0) is 54.3 Å². The molecular formula is C24H23NOS. The van der Waals surface area contributed by atoms with Crippen LogP contribution in [0.4, 0.5) is 17.1 Å². The van der Waals surface area contributed by atoms with Crippen molar-refractivity contribution in [2.24, 2.45) is 0 Å². The minimum absolute atomic E-state index is 0.0877. The molecule has 0 N–H and O–H groups in total. The number of hydrogen-bond acceptors (Lipinski definition) is 3. The van der Waals surface area contributed by atoms with Crippen LogP contribution < -0.4 is 4.90 Å². The number of fused-ring (bicyclic) bond motifs is 2. The van der Waals surface area contributed by atoms with E-state index in [9.17, 15) is 4.79 Å². The highest BCUT2D eigenvalue weighted by Crippen LogP contribution is 2.51. The highest BCUT2D eigenvalue weighted by molar-refractivity contribution is 7.99. The molecule has 0 saturated heterocycles. The van der Waals surface area contributed by atoms with Gasteiger partial charge in [-0.2, -0.15) is 0 Å². The van der Waals surface area contributed by atoms with E-state index in [1.54, 1.807) is 18.7 Å². The van der Waals surface area contributed by atoms with Gasteiger partial charge in [-0.15, -0.1) is 0 Å². The number of nitrogens with zero attached hydrogens (tertiary/aromatic N) is 1. The minimum Gasteiger partial charge on any atom is -0.308 e. The Morgan fingerprint density at radius 3 is 2.19 bits per heavy atom. The molecule has 3 heteroatoms. The molecule has 136 valence electrons. The normalized spacial score (nSPS) is 13.1. The molecule has 0 spiro atoms. The van der Waals surface area contributed by atoms with Crippen molar-refractivity contribution < 1.29 is 4.79 Å². The number of carbonyl (C=O) groups is 1. The average Bonchev–Trinajstić information content (AvgIpc) is 2.65. The van der Waals surface area contributed by atoms with Crippen LogP contribution >= 0.6 is 11.8 Å². The highest BCUT2D eigenvalue weighted by Gasteiger charge is 2.25. The lowest BCUT2D eigenvalue weighted by atomic mass is 9.87. The Balaban J connectivity index is 1.89. The monoisotopic (exact) mass is 373 g/mol. The van der Waals surface area contributed by atoms with Crippen molar-refractivity contribution >= 4 is 34.6 Å². The number of benzene rings is 3. The molecule has 1 heterocycles. The van der Waals surface area contributed by atoms with Crippen LogP contribution in [0.2, 0.25) is 0 Å². The summed E-state index contributed by atoms with van der Waals surface area (Å²) in [4.78, 5) is 16.6. The summed E-state index contributed by atoms with van der Waals surface area (Å²) in [5.41, 5.74) is 5.49. The van der Waals surface area contributed by atoms with Gasteiger partial charge in [0.1, 0.15) is 0 Å². The van der Waals surface area contributed by atoms with Gasteiger partial charge in [0.15, 0.2) is 5.78 Å². The molecule has 1 aliphatic rings. The Morgan fingerprint density at radius 2 is 1.52 bits per heavy atom. The molecule has 0 aliphatic carbocycles. The largest absolute Gasteiger partial charge is 0.308 e. The quantitative estimate of drug-likeness (QED) is 0.349. The van der Waals surface area contributed by atoms with Gasteiger partial charge in [-0.1, -0.05) is 62.9 Å². The van der Waals surface area contributed by atoms with Gasteiger partial charge in [0.05, 0.1) is 11.4 Å². The van der Waals surface area contributed by atoms with E-state index in [0.29, 0.717) is 0 Å². The van der Waals surface area contributed by atoms with Crippen LogP contribution in [0, 0.1) is 0 Å². The molecule has 0 unspecified atom stereocenters. The second-order valence-electron chi connectivity index (χ2n) is 7.94. The molecule has 4 rings (SSSR count). The summed E-state index contributed by atoms with van der Waals surface area (Å²) in [5, 5.41) is 0. The third-order valence-electron chi connectivity index (χ3n) is 4.92. The summed E-state index contributed by atoms with van der Waals surface area (Å²) >= 11 is 1.76. The lowest BCUT2D eigenvalue weighted by Crippen LogP contribution is -2.16. The molecule has 0 atom stereocenters. The minimum atomic E-state index is 0.0877. The van der Waals surface area contributed by atoms with E-state index in [0.717, 1.165) is 22.6 Å². The third-order valence-corrected chi connectivity index (χ3v) is 6.05. The molecule has 0 fully saturated rings. The van der Waals surface area contributed by atoms with Crippen molar-refractivity contribution in [3.63, 3.8) is 0 Å². The summed E-state index contributed by atoms with van der Waals surface area (Å²) in [6.07, 6.45) is 0. The van der Waals surface area contributed by atoms with Crippen molar-refractivity contribution in [2.45, 2.75) is 42.9 Å². The first-order valence-electron chi connectivity index (χ1n) is 9.17. The van der Waals surface area contributed by atoms with Crippen LogP contribution in [-0.4, -0.2) is 5.78 Å². The molecular weight excluding hydrogens is 350 g/mol. The predicted octanol–water partition coefficient (Wildman–Crippen LogP) is 7.12. The standard InChI is InChI=1S/C24H23NOS/c1-16(26)17-9-14-23-21(15-17)25(20-7-5-6-8-22(20)27-23)19-12-10-18(11-13-19)24(2,3)4/h5-15H,1-4H3. The molecule has 0 bridgehead atoms. The first-order chi connectivity index (χ1) is 12.8. The van der Waals surface area contributed by atoms with Gasteiger partial charge in [0.25, 0.3) is 0 Å². The van der Waals surface area contributed by atoms with E-state index in [4.69, 9.17) is 0 Å². The number of hydrogen-bond donors (Lipinski definition) is 0. The maximum atomic E-state index is 11.9. The summed E-state index contributed by atoms with van der Waals surface area (Å²) in [6, 6.07) is 23.2. The smallest absolute Gasteiger partial charge is 0.159 e. The zero-order valence-corrected chi connectivity index (χ0v) is 16.9. The molecule has 0 amide bonds. The van der Waals surface area contributed by atoms with E-state index < -0.39 is 0 Å². The molecule has 3 aromatic rings. The Morgan fingerprint density at radius 1 is 0.852 bits per heavy atom. The molecule has 1 aliphatic heterocycles. The summed E-state index contributed by atoms with van der Waals surface area (Å²) in [7, 11) is 0. The number of rotatable bonds is 2. The second kappa shape index (κ2) is 6.58. The van der Waals surface area contributed by atoms with Gasteiger partial charge < -0.3 is 4.90 Å². The third kappa shape index (κ3) is 3.28. The second-order valence-corrected chi connectivity index (χ2v) is 9.02. The van der Waals surface area contributed by atoms with Crippen molar-refractivity contribution in [1.82, 2.24) is 0 Å². The van der Waals surface area contributed by atoms with Crippen LogP contribution in [0.5, 0.6) is 0 Å². The zero-order valence-electron chi connectivity index (χ0n) is 16.1. The fourth-order valence-corrected chi connectivity index (χ4v) is 4.40. The molecule has 27 heavy (non-hydrogen) atoms. The molecule has 0 saturated carbocycles. The maximum Gasteiger partial charge on any atom is 0.159 e. The van der Waals surface area contributed by atoms with Crippen LogP contribution in [0.1, 0.15) is 43.6 Å². The average molecular weight is 374 g/mol. The van der Waals surface area contributed by atoms with Crippen molar-refractivity contribution in [2.75, 3.05) is 4.90 Å². The van der Waals surface area contributed by atoms with Crippen molar-refractivity contribution in [3.05, 3.63) is 77.9 Å². The van der Waals surface area contributed by atoms with Crippen LogP contribution in [0.25, 0.3) is 0 Å². The number of ketones is 1. The fraction of sp³-hybridized carbons (Fsp3) is 0.208. The Kier molecular flexibility index (Phi) is 4.35. The Bertz CT molecular complexity index is 1020. The van der Waals surface area contributed by atoms with E-state index in [-0.39, 0.29) is 11.2 Å². The van der Waals surface area contributed by atoms with E-state index >= 15 is 0 Å². The van der Waals surface area contributed by atoms with Crippen LogP contribution in [0.15, 0.2) is 76.5 Å². The van der Waals surface area contributed by atoms with Crippen LogP contribution in [0.3, 0.4) is 0 Å². The predicted molar refractivity (Wildman–Crippen MR) is 114 cm³/mol. The number of carbonyl (C=O) groups excluding carboxylic acids is 1. The van der Waals surface area contributed by atoms with Gasteiger partial charge >= 0.3 is 0 Å². The highest BCUT2D eigenvalue weighted by atomic mass is 32.2. The van der Waals surface area contributed by atoms with E-state index in [1.165, 1.54) is 15.4 Å². The first-order valence-corrected chi connectivity index (χ1v) is 9.99. The summed E-state index contributed by atoms with van der Waals surface area (Å²) in [6.45, 7) is 8.30. The number of para-hydroxylation sites is 1. The SMILES string of the molecule is CC(=O)c1ccc2c(c1)N(c1ccc(C(C)(C)C)cc1)c1ccccc1S2. The van der Waals surface area contributed by atoms with E-state index in [1.807, 2.05) is 12.1 Å².